The van der Waals surface area contributed by atoms with Crippen molar-refractivity contribution in [3.8, 4) is 5.75 Å². The second-order valence-electron chi connectivity index (χ2n) is 8.10. The second-order valence-corrected chi connectivity index (χ2v) is 8.10. The number of aromatic nitrogens is 1. The van der Waals surface area contributed by atoms with Gasteiger partial charge >= 0.3 is 0 Å². The third-order valence-corrected chi connectivity index (χ3v) is 6.24. The number of nitrogens with zero attached hydrogens (tertiary/aromatic N) is 3. The van der Waals surface area contributed by atoms with Crippen molar-refractivity contribution in [3.05, 3.63) is 54.1 Å². The molecule has 2 saturated heterocycles. The van der Waals surface area contributed by atoms with E-state index in [4.69, 9.17) is 9.15 Å². The molecule has 29 heavy (non-hydrogen) atoms. The van der Waals surface area contributed by atoms with E-state index < -0.39 is 0 Å². The molecule has 0 radical (unpaired) electrons. The predicted octanol–water partition coefficient (Wildman–Crippen LogP) is 3.86. The third kappa shape index (κ3) is 3.22. The number of ether oxygens (including phenoxy) is 1. The lowest BCUT2D eigenvalue weighted by Gasteiger charge is -2.39. The number of carbonyl (C=O) groups excluding carboxylic acids is 1. The van der Waals surface area contributed by atoms with Crippen LogP contribution in [0.2, 0.25) is 0 Å². The number of methoxy groups -OCH3 is 1. The Labute approximate surface area is 170 Å². The molecule has 3 aromatic rings. The molecule has 0 bridgehead atoms. The van der Waals surface area contributed by atoms with Crippen LogP contribution in [0.1, 0.15) is 24.8 Å². The van der Waals surface area contributed by atoms with Crippen molar-refractivity contribution in [2.45, 2.75) is 25.8 Å². The normalized spacial score (nSPS) is 22.0. The number of fused-ring (bicyclic) bond motifs is 1. The molecule has 2 aliphatic rings. The van der Waals surface area contributed by atoms with Crippen LogP contribution in [0, 0.1) is 5.41 Å². The number of piperidine rings is 1. The Hall–Kier alpha value is -3.02. The van der Waals surface area contributed by atoms with Crippen LogP contribution in [-0.4, -0.2) is 42.5 Å². The molecule has 6 nitrogen and oxygen atoms in total. The minimum atomic E-state index is -0.336. The van der Waals surface area contributed by atoms with Crippen LogP contribution in [0.15, 0.2) is 52.9 Å². The van der Waals surface area contributed by atoms with Gasteiger partial charge in [-0.3, -0.25) is 4.79 Å². The zero-order valence-corrected chi connectivity index (χ0v) is 16.6. The summed E-state index contributed by atoms with van der Waals surface area (Å²) in [6.45, 7) is 2.90. The van der Waals surface area contributed by atoms with Crippen LogP contribution in [0.5, 0.6) is 5.75 Å². The summed E-state index contributed by atoms with van der Waals surface area (Å²) in [5.41, 5.74) is 2.41. The van der Waals surface area contributed by atoms with E-state index in [0.717, 1.165) is 54.8 Å². The number of carbonyl (C=O) groups is 1. The van der Waals surface area contributed by atoms with Crippen molar-refractivity contribution >= 4 is 23.0 Å². The molecule has 3 heterocycles. The Balaban J connectivity index is 1.34. The number of para-hydroxylation sites is 2. The molecular formula is C23H25N3O3. The van der Waals surface area contributed by atoms with Gasteiger partial charge in [0, 0.05) is 26.2 Å². The van der Waals surface area contributed by atoms with E-state index in [1.807, 2.05) is 47.4 Å². The smallest absolute Gasteiger partial charge is 0.298 e. The molecule has 1 amide bonds. The fourth-order valence-corrected chi connectivity index (χ4v) is 4.70. The van der Waals surface area contributed by atoms with Gasteiger partial charge in [0.25, 0.3) is 6.01 Å². The van der Waals surface area contributed by atoms with Gasteiger partial charge in [-0.2, -0.15) is 4.98 Å². The van der Waals surface area contributed by atoms with Crippen LogP contribution in [-0.2, 0) is 11.3 Å². The number of anilines is 1. The highest BCUT2D eigenvalue weighted by atomic mass is 16.5. The maximum absolute atomic E-state index is 13.5. The van der Waals surface area contributed by atoms with Crippen LogP contribution in [0.3, 0.4) is 0 Å². The molecule has 0 N–H and O–H groups in total. The van der Waals surface area contributed by atoms with E-state index in [1.54, 1.807) is 7.11 Å². The molecule has 0 saturated carbocycles. The number of hydrogen-bond acceptors (Lipinski definition) is 5. The molecular weight excluding hydrogens is 366 g/mol. The zero-order chi connectivity index (χ0) is 19.8. The molecule has 1 spiro atoms. The number of hydrogen-bond donors (Lipinski definition) is 0. The second kappa shape index (κ2) is 7.10. The molecule has 2 fully saturated rings. The van der Waals surface area contributed by atoms with Crippen molar-refractivity contribution in [2.75, 3.05) is 31.6 Å². The Morgan fingerprint density at radius 1 is 1.14 bits per heavy atom. The summed E-state index contributed by atoms with van der Waals surface area (Å²) in [5.74, 6) is 1.08. The maximum Gasteiger partial charge on any atom is 0.298 e. The highest BCUT2D eigenvalue weighted by Crippen LogP contribution is 2.42. The maximum atomic E-state index is 13.5. The van der Waals surface area contributed by atoms with Gasteiger partial charge < -0.3 is 19.0 Å². The standard InChI is InChI=1S/C23H25N3O3/c1-28-18-7-4-6-17(14-18)15-25-12-5-10-23(21(25)27)11-13-26(16-23)22-24-19-8-2-3-9-20(19)29-22/h2-4,6-9,14H,5,10-13,15-16H2,1H3/t23-/m1/s1. The van der Waals surface area contributed by atoms with Gasteiger partial charge in [-0.25, -0.2) is 0 Å². The Kier molecular flexibility index (Phi) is 4.42. The average molecular weight is 391 g/mol. The highest BCUT2D eigenvalue weighted by molar-refractivity contribution is 5.85. The highest BCUT2D eigenvalue weighted by Gasteiger charge is 2.49. The van der Waals surface area contributed by atoms with Gasteiger partial charge in [-0.15, -0.1) is 0 Å². The molecule has 2 aliphatic heterocycles. The number of likely N-dealkylation sites (tertiary alicyclic amines) is 1. The number of amides is 1. The van der Waals surface area contributed by atoms with Gasteiger partial charge in [-0.1, -0.05) is 24.3 Å². The Morgan fingerprint density at radius 2 is 2.03 bits per heavy atom. The minimum absolute atomic E-state index is 0.255. The number of rotatable bonds is 4. The Bertz CT molecular complexity index is 1010. The van der Waals surface area contributed by atoms with Gasteiger partial charge in [-0.05, 0) is 49.1 Å². The summed E-state index contributed by atoms with van der Waals surface area (Å²) in [4.78, 5) is 22.2. The summed E-state index contributed by atoms with van der Waals surface area (Å²) < 4.78 is 11.3. The molecule has 0 unspecified atom stereocenters. The van der Waals surface area contributed by atoms with Crippen molar-refractivity contribution in [1.29, 1.82) is 0 Å². The van der Waals surface area contributed by atoms with Gasteiger partial charge in [0.1, 0.15) is 11.3 Å². The average Bonchev–Trinajstić information content (AvgIpc) is 3.37. The lowest BCUT2D eigenvalue weighted by Crippen LogP contribution is -2.49. The molecule has 1 aromatic heterocycles. The topological polar surface area (TPSA) is 58.8 Å². The number of oxazole rings is 1. The van der Waals surface area contributed by atoms with Crippen molar-refractivity contribution in [3.63, 3.8) is 0 Å². The van der Waals surface area contributed by atoms with E-state index in [1.165, 1.54) is 0 Å². The molecule has 6 heteroatoms. The van der Waals surface area contributed by atoms with E-state index in [2.05, 4.69) is 16.0 Å². The van der Waals surface area contributed by atoms with Gasteiger partial charge in [0.15, 0.2) is 5.58 Å². The first-order valence-corrected chi connectivity index (χ1v) is 10.2. The Morgan fingerprint density at radius 3 is 2.90 bits per heavy atom. The van der Waals surface area contributed by atoms with E-state index in [9.17, 15) is 4.79 Å². The monoisotopic (exact) mass is 391 g/mol. The van der Waals surface area contributed by atoms with Crippen LogP contribution >= 0.6 is 0 Å². The van der Waals surface area contributed by atoms with E-state index >= 15 is 0 Å². The molecule has 1 atom stereocenters. The predicted molar refractivity (Wildman–Crippen MR) is 111 cm³/mol. The first kappa shape index (κ1) is 18.0. The summed E-state index contributed by atoms with van der Waals surface area (Å²) in [5, 5.41) is 0. The van der Waals surface area contributed by atoms with Crippen LogP contribution < -0.4 is 9.64 Å². The number of benzene rings is 2. The first-order valence-electron chi connectivity index (χ1n) is 10.2. The van der Waals surface area contributed by atoms with Gasteiger partial charge in [0.05, 0.1) is 12.5 Å². The lowest BCUT2D eigenvalue weighted by molar-refractivity contribution is -0.145. The summed E-state index contributed by atoms with van der Waals surface area (Å²) >= 11 is 0. The molecule has 2 aromatic carbocycles. The van der Waals surface area contributed by atoms with Crippen molar-refractivity contribution in [1.82, 2.24) is 9.88 Å². The third-order valence-electron chi connectivity index (χ3n) is 6.24. The van der Waals surface area contributed by atoms with Crippen molar-refractivity contribution < 1.29 is 13.9 Å². The van der Waals surface area contributed by atoms with Crippen LogP contribution in [0.4, 0.5) is 6.01 Å². The van der Waals surface area contributed by atoms with Crippen LogP contribution in [0.25, 0.3) is 11.1 Å². The molecule has 5 rings (SSSR count). The van der Waals surface area contributed by atoms with Gasteiger partial charge in [0.2, 0.25) is 5.91 Å². The minimum Gasteiger partial charge on any atom is -0.497 e. The van der Waals surface area contributed by atoms with E-state index in [0.29, 0.717) is 19.1 Å². The molecule has 150 valence electrons. The fraction of sp³-hybridized carbons (Fsp3) is 0.391. The fourth-order valence-electron chi connectivity index (χ4n) is 4.70. The molecule has 0 aliphatic carbocycles. The van der Waals surface area contributed by atoms with E-state index in [-0.39, 0.29) is 11.3 Å². The largest absolute Gasteiger partial charge is 0.497 e. The lowest BCUT2D eigenvalue weighted by atomic mass is 9.78. The summed E-state index contributed by atoms with van der Waals surface area (Å²) in [7, 11) is 1.67. The first-order chi connectivity index (χ1) is 14.2. The SMILES string of the molecule is COc1cccc(CN2CCC[C@]3(CCN(c4nc5ccccc5o4)C3)C2=O)c1. The summed E-state index contributed by atoms with van der Waals surface area (Å²) in [6.07, 6.45) is 2.80. The van der Waals surface area contributed by atoms with Crippen molar-refractivity contribution in [2.24, 2.45) is 5.41 Å². The zero-order valence-electron chi connectivity index (χ0n) is 16.6. The summed E-state index contributed by atoms with van der Waals surface area (Å²) in [6, 6.07) is 16.4. The quantitative estimate of drug-likeness (QED) is 0.676.